The molecule has 2 aromatic rings. The zero-order valence-electron chi connectivity index (χ0n) is 15.6. The van der Waals surface area contributed by atoms with Gasteiger partial charge in [0.2, 0.25) is 0 Å². The van der Waals surface area contributed by atoms with Crippen LogP contribution in [0.4, 0.5) is 10.5 Å². The number of carbonyl (C=O) groups excluding carboxylic acids is 2. The van der Waals surface area contributed by atoms with Gasteiger partial charge in [-0.3, -0.25) is 15.3 Å². The van der Waals surface area contributed by atoms with E-state index in [-0.39, 0.29) is 5.75 Å². The Balaban J connectivity index is 2.34. The third-order valence-corrected chi connectivity index (χ3v) is 5.24. The first kappa shape index (κ1) is 23.2. The molecule has 0 aliphatic rings. The van der Waals surface area contributed by atoms with Gasteiger partial charge in [-0.05, 0) is 65.1 Å². The van der Waals surface area contributed by atoms with Crippen molar-refractivity contribution in [2.24, 2.45) is 5.41 Å². The summed E-state index contributed by atoms with van der Waals surface area (Å²) in [4.78, 5) is 24.0. The van der Waals surface area contributed by atoms with Crippen molar-refractivity contribution < 1.29 is 24.6 Å². The number of anilines is 1. The molecule has 154 valence electrons. The van der Waals surface area contributed by atoms with E-state index in [9.17, 15) is 14.7 Å². The quantitative estimate of drug-likeness (QED) is 0.165. The Kier molecular flexibility index (Phi) is 8.05. The van der Waals surface area contributed by atoms with Crippen molar-refractivity contribution in [1.82, 2.24) is 5.48 Å². The number of phenols is 1. The molecule has 0 aromatic heterocycles. The molecule has 2 amide bonds. The molecule has 0 aliphatic carbocycles. The van der Waals surface area contributed by atoms with Gasteiger partial charge < -0.3 is 9.84 Å². The highest BCUT2D eigenvalue weighted by molar-refractivity contribution is 14.1. The number of benzene rings is 2. The summed E-state index contributed by atoms with van der Waals surface area (Å²) in [5.41, 5.74) is 1.55. The summed E-state index contributed by atoms with van der Waals surface area (Å²) in [6.45, 7) is 3.48. The molecular formula is C20H20BrIN2O5. The molecule has 0 spiro atoms. The number of carbonyl (C=O) groups is 2. The molecule has 0 bridgehead atoms. The maximum Gasteiger partial charge on any atom is 0.412 e. The molecule has 0 heterocycles. The van der Waals surface area contributed by atoms with Gasteiger partial charge in [-0.2, -0.15) is 0 Å². The van der Waals surface area contributed by atoms with Crippen LogP contribution in [0.2, 0.25) is 0 Å². The summed E-state index contributed by atoms with van der Waals surface area (Å²) in [5, 5.41) is 21.7. The van der Waals surface area contributed by atoms with Crippen molar-refractivity contribution >= 4 is 56.2 Å². The van der Waals surface area contributed by atoms with E-state index in [4.69, 9.17) is 9.94 Å². The van der Waals surface area contributed by atoms with Crippen molar-refractivity contribution in [3.8, 4) is 5.75 Å². The van der Waals surface area contributed by atoms with Gasteiger partial charge in [-0.15, -0.1) is 0 Å². The van der Waals surface area contributed by atoms with Gasteiger partial charge >= 0.3 is 6.09 Å². The average molecular weight is 575 g/mol. The van der Waals surface area contributed by atoms with Crippen LogP contribution in [-0.2, 0) is 9.53 Å². The second-order valence-corrected chi connectivity index (χ2v) is 8.91. The van der Waals surface area contributed by atoms with Crippen LogP contribution in [0.3, 0.4) is 0 Å². The van der Waals surface area contributed by atoms with Gasteiger partial charge in [0.15, 0.2) is 0 Å². The molecule has 2 rings (SSSR count). The van der Waals surface area contributed by atoms with Gasteiger partial charge in [0, 0.05) is 30.8 Å². The Labute approximate surface area is 190 Å². The number of rotatable bonds is 6. The lowest BCUT2D eigenvalue weighted by atomic mass is 9.81. The fourth-order valence-corrected chi connectivity index (χ4v) is 3.33. The number of hydroxylamine groups is 1. The van der Waals surface area contributed by atoms with Gasteiger partial charge in [-0.25, -0.2) is 10.3 Å². The highest BCUT2D eigenvalue weighted by Crippen LogP contribution is 2.42. The van der Waals surface area contributed by atoms with E-state index in [0.717, 1.165) is 14.1 Å². The predicted octanol–water partition coefficient (Wildman–Crippen LogP) is 5.14. The lowest BCUT2D eigenvalue weighted by Gasteiger charge is -2.32. The van der Waals surface area contributed by atoms with Gasteiger partial charge in [0.25, 0.3) is 5.91 Å². The summed E-state index contributed by atoms with van der Waals surface area (Å²) in [5.74, 6) is -0.761. The molecule has 29 heavy (non-hydrogen) atoms. The monoisotopic (exact) mass is 574 g/mol. The van der Waals surface area contributed by atoms with Crippen molar-refractivity contribution in [2.45, 2.75) is 20.0 Å². The minimum Gasteiger partial charge on any atom is -0.508 e. The van der Waals surface area contributed by atoms with E-state index >= 15 is 0 Å². The normalized spacial score (nSPS) is 12.4. The smallest absolute Gasteiger partial charge is 0.412 e. The molecule has 2 aromatic carbocycles. The number of hydrogen-bond acceptors (Lipinski definition) is 5. The van der Waals surface area contributed by atoms with Gasteiger partial charge in [-0.1, -0.05) is 35.9 Å². The van der Waals surface area contributed by atoms with Crippen molar-refractivity contribution in [2.75, 3.05) is 5.32 Å². The maximum absolute atomic E-state index is 12.5. The number of aromatic hydroxyl groups is 1. The summed E-state index contributed by atoms with van der Waals surface area (Å²) in [7, 11) is 0. The first-order valence-electron chi connectivity index (χ1n) is 8.47. The zero-order chi connectivity index (χ0) is 21.6. The minimum atomic E-state index is -0.921. The highest BCUT2D eigenvalue weighted by Gasteiger charge is 2.34. The standard InChI is InChI=1S/C20H20BrIN2O5/c1-20(2,10-9-17(26)24-28)18(15-11-13(22)5-8-16(15)25)29-19(27)23-14-6-3-12(21)4-7-14/h3-11,18,25,28H,1-2H3,(H,23,27)(H,24,26)/b10-9+/t18-/m0/s1. The van der Waals surface area contributed by atoms with Crippen LogP contribution in [0.5, 0.6) is 5.75 Å². The summed E-state index contributed by atoms with van der Waals surface area (Å²) < 4.78 is 7.37. The largest absolute Gasteiger partial charge is 0.508 e. The Morgan fingerprint density at radius 2 is 1.86 bits per heavy atom. The first-order chi connectivity index (χ1) is 13.6. The maximum atomic E-state index is 12.5. The third kappa shape index (κ3) is 6.72. The molecule has 0 fully saturated rings. The first-order valence-corrected chi connectivity index (χ1v) is 10.3. The minimum absolute atomic E-state index is 0.0417. The molecule has 0 radical (unpaired) electrons. The molecular weight excluding hydrogens is 555 g/mol. The Bertz CT molecular complexity index is 916. The molecule has 0 saturated heterocycles. The molecule has 0 unspecified atom stereocenters. The van der Waals surface area contributed by atoms with E-state index in [1.165, 1.54) is 17.6 Å². The number of nitrogens with one attached hydrogen (secondary N) is 2. The topological polar surface area (TPSA) is 108 Å². The van der Waals surface area contributed by atoms with E-state index in [2.05, 4.69) is 43.8 Å². The molecule has 0 aliphatic heterocycles. The van der Waals surface area contributed by atoms with E-state index in [0.29, 0.717) is 11.3 Å². The SMILES string of the molecule is CC(C)(/C=C/C(=O)NO)[C@@H](OC(=O)Nc1ccc(Br)cc1)c1cc(I)ccc1O. The van der Waals surface area contributed by atoms with E-state index in [1.54, 1.807) is 50.2 Å². The highest BCUT2D eigenvalue weighted by atomic mass is 127. The van der Waals surface area contributed by atoms with E-state index < -0.39 is 23.5 Å². The van der Waals surface area contributed by atoms with Crippen LogP contribution < -0.4 is 10.8 Å². The summed E-state index contributed by atoms with van der Waals surface area (Å²) >= 11 is 5.42. The van der Waals surface area contributed by atoms with E-state index in [1.807, 2.05) is 0 Å². The number of hydrogen-bond donors (Lipinski definition) is 4. The van der Waals surface area contributed by atoms with Crippen LogP contribution in [0.25, 0.3) is 0 Å². The van der Waals surface area contributed by atoms with Crippen LogP contribution in [0.1, 0.15) is 25.5 Å². The second-order valence-electron chi connectivity index (χ2n) is 6.75. The lowest BCUT2D eigenvalue weighted by Crippen LogP contribution is -2.28. The Hall–Kier alpha value is -2.11. The molecule has 0 saturated carbocycles. The van der Waals surface area contributed by atoms with Crippen molar-refractivity contribution in [1.29, 1.82) is 0 Å². The Morgan fingerprint density at radius 3 is 2.48 bits per heavy atom. The van der Waals surface area contributed by atoms with Crippen molar-refractivity contribution in [3.05, 3.63) is 68.2 Å². The predicted molar refractivity (Wildman–Crippen MR) is 121 cm³/mol. The molecule has 1 atom stereocenters. The second kappa shape index (κ2) is 10.1. The number of halogens is 2. The zero-order valence-corrected chi connectivity index (χ0v) is 19.4. The van der Waals surface area contributed by atoms with Crippen LogP contribution in [-0.4, -0.2) is 22.3 Å². The van der Waals surface area contributed by atoms with Crippen LogP contribution in [0, 0.1) is 8.99 Å². The summed E-state index contributed by atoms with van der Waals surface area (Å²) in [6.07, 6.45) is 0.989. The van der Waals surface area contributed by atoms with Gasteiger partial charge in [0.05, 0.1) is 0 Å². The Morgan fingerprint density at radius 1 is 1.21 bits per heavy atom. The number of ether oxygens (including phenoxy) is 1. The lowest BCUT2D eigenvalue weighted by molar-refractivity contribution is -0.124. The average Bonchev–Trinajstić information content (AvgIpc) is 2.68. The number of amides is 2. The van der Waals surface area contributed by atoms with Gasteiger partial charge in [0.1, 0.15) is 11.9 Å². The summed E-state index contributed by atoms with van der Waals surface area (Å²) in [6, 6.07) is 11.9. The molecule has 4 N–H and O–H groups in total. The molecule has 7 nitrogen and oxygen atoms in total. The fourth-order valence-electron chi connectivity index (χ4n) is 2.55. The fraction of sp³-hybridized carbons (Fsp3) is 0.200. The third-order valence-electron chi connectivity index (χ3n) is 4.04. The van der Waals surface area contributed by atoms with Crippen molar-refractivity contribution in [3.63, 3.8) is 0 Å². The van der Waals surface area contributed by atoms with Crippen LogP contribution in [0.15, 0.2) is 59.1 Å². The number of phenolic OH excluding ortho intramolecular Hbond substituents is 1. The molecule has 9 heteroatoms. The van der Waals surface area contributed by atoms with Crippen LogP contribution >= 0.6 is 38.5 Å².